The molecule has 0 aromatic carbocycles. The number of esters is 4. The lowest BCUT2D eigenvalue weighted by atomic mass is 10.0. The molecule has 0 aliphatic carbocycles. The highest BCUT2D eigenvalue weighted by molar-refractivity contribution is 7.47. The van der Waals surface area contributed by atoms with Crippen molar-refractivity contribution in [1.29, 1.82) is 0 Å². The number of aliphatic hydroxyl groups is 1. The largest absolute Gasteiger partial charge is 0.472 e. The van der Waals surface area contributed by atoms with Crippen molar-refractivity contribution in [3.8, 4) is 0 Å². The van der Waals surface area contributed by atoms with Gasteiger partial charge in [0.2, 0.25) is 0 Å². The van der Waals surface area contributed by atoms with Gasteiger partial charge in [-0.05, 0) is 116 Å². The van der Waals surface area contributed by atoms with E-state index in [9.17, 15) is 43.2 Å². The van der Waals surface area contributed by atoms with Gasteiger partial charge in [-0.2, -0.15) is 0 Å². The highest BCUT2D eigenvalue weighted by Gasteiger charge is 2.30. The second kappa shape index (κ2) is 74.0. The van der Waals surface area contributed by atoms with Crippen LogP contribution >= 0.6 is 15.6 Å². The maximum absolute atomic E-state index is 13.1. The van der Waals surface area contributed by atoms with Crippen molar-refractivity contribution in [2.24, 2.45) is 0 Å². The van der Waals surface area contributed by atoms with Crippen molar-refractivity contribution in [3.63, 3.8) is 0 Å². The molecule has 0 aromatic rings. The van der Waals surface area contributed by atoms with Gasteiger partial charge in [-0.15, -0.1) is 0 Å². The molecule has 0 amide bonds. The Morgan fingerprint density at radius 1 is 0.280 bits per heavy atom. The van der Waals surface area contributed by atoms with Gasteiger partial charge < -0.3 is 33.8 Å². The third kappa shape index (κ3) is 73.1. The van der Waals surface area contributed by atoms with Crippen LogP contribution in [0.1, 0.15) is 374 Å². The van der Waals surface area contributed by atoms with E-state index in [-0.39, 0.29) is 25.7 Å². The summed E-state index contributed by atoms with van der Waals surface area (Å²) in [6.07, 6.45) is 73.3. The van der Waals surface area contributed by atoms with Crippen LogP contribution < -0.4 is 0 Å². The number of rotatable bonds is 77. The van der Waals surface area contributed by atoms with Gasteiger partial charge in [0, 0.05) is 25.7 Å². The molecule has 19 heteroatoms. The Hall–Kier alpha value is -3.24. The number of carbonyl (C=O) groups is 4. The maximum atomic E-state index is 13.1. The first kappa shape index (κ1) is 96.8. The predicted octanol–water partition coefficient (Wildman–Crippen LogP) is 23.5. The van der Waals surface area contributed by atoms with Gasteiger partial charge in [-0.1, -0.05) is 294 Å². The van der Waals surface area contributed by atoms with Crippen LogP contribution in [0.4, 0.5) is 0 Å². The van der Waals surface area contributed by atoms with E-state index in [1.54, 1.807) is 0 Å². The Bertz CT molecular complexity index is 2130. The van der Waals surface area contributed by atoms with Gasteiger partial charge in [0.25, 0.3) is 0 Å². The summed E-state index contributed by atoms with van der Waals surface area (Å²) in [4.78, 5) is 73.0. The summed E-state index contributed by atoms with van der Waals surface area (Å²) < 4.78 is 68.6. The Kier molecular flexibility index (Phi) is 71.6. The Labute approximate surface area is 610 Å². The highest BCUT2D eigenvalue weighted by Crippen LogP contribution is 2.45. The van der Waals surface area contributed by atoms with Gasteiger partial charge in [-0.3, -0.25) is 37.3 Å². The number of hydrogen-bond donors (Lipinski definition) is 3. The molecule has 0 heterocycles. The molecule has 0 bridgehead atoms. The molecular formula is C81H148O17P2. The maximum Gasteiger partial charge on any atom is 0.472 e. The predicted molar refractivity (Wildman–Crippen MR) is 409 cm³/mol. The molecule has 0 saturated heterocycles. The SMILES string of the molecule is CCCCC/C=C\C/C=C\CCCCCCCC(=O)OC[C@H](COP(=O)(O)OC[C@H](O)COP(=O)(O)OC[C@@H](COC(=O)CCCCCCCCCCCCCCCCC)OC(=O)CCCCCCC/C=C\CCCCCCCC)OC(=O)CCCCCCC/C=C\C/C=C\CCCCC. The second-order valence-electron chi connectivity index (χ2n) is 27.4. The van der Waals surface area contributed by atoms with E-state index in [1.165, 1.54) is 148 Å². The minimum Gasteiger partial charge on any atom is -0.462 e. The molecule has 3 N–H and O–H groups in total. The molecule has 0 spiro atoms. The monoisotopic (exact) mass is 1460 g/mol. The Morgan fingerprint density at radius 2 is 0.490 bits per heavy atom. The fraction of sp³-hybridized carbons (Fsp3) is 0.827. The van der Waals surface area contributed by atoms with Crippen molar-refractivity contribution in [1.82, 2.24) is 0 Å². The molecule has 0 rings (SSSR count). The van der Waals surface area contributed by atoms with Crippen LogP contribution in [0.5, 0.6) is 0 Å². The van der Waals surface area contributed by atoms with Crippen molar-refractivity contribution in [2.45, 2.75) is 393 Å². The zero-order valence-electron chi connectivity index (χ0n) is 63.9. The minimum absolute atomic E-state index is 0.0792. The molecule has 17 nitrogen and oxygen atoms in total. The number of carbonyl (C=O) groups excluding carboxylic acids is 4. The molecular weight excluding hydrogens is 1310 g/mol. The van der Waals surface area contributed by atoms with Crippen LogP contribution in [-0.2, 0) is 65.4 Å². The number of aliphatic hydroxyl groups excluding tert-OH is 1. The van der Waals surface area contributed by atoms with E-state index >= 15 is 0 Å². The van der Waals surface area contributed by atoms with Crippen LogP contribution in [0.25, 0.3) is 0 Å². The molecule has 0 saturated carbocycles. The van der Waals surface area contributed by atoms with E-state index in [2.05, 4.69) is 88.5 Å². The lowest BCUT2D eigenvalue weighted by molar-refractivity contribution is -0.161. The summed E-state index contributed by atoms with van der Waals surface area (Å²) in [5.74, 6) is -2.18. The third-order valence-electron chi connectivity index (χ3n) is 17.5. The number of phosphoric acid groups is 2. The zero-order valence-corrected chi connectivity index (χ0v) is 65.7. The fourth-order valence-corrected chi connectivity index (χ4v) is 12.8. The summed E-state index contributed by atoms with van der Waals surface area (Å²) in [5, 5.41) is 10.6. The van der Waals surface area contributed by atoms with Crippen LogP contribution in [0, 0.1) is 0 Å². The first-order valence-corrected chi connectivity index (χ1v) is 43.5. The lowest BCUT2D eigenvalue weighted by Gasteiger charge is -2.21. The summed E-state index contributed by atoms with van der Waals surface area (Å²) in [5.41, 5.74) is 0. The summed E-state index contributed by atoms with van der Waals surface area (Å²) in [6, 6.07) is 0. The van der Waals surface area contributed by atoms with E-state index in [1.807, 2.05) is 0 Å². The van der Waals surface area contributed by atoms with E-state index in [0.717, 1.165) is 148 Å². The van der Waals surface area contributed by atoms with Crippen LogP contribution in [0.15, 0.2) is 60.8 Å². The number of hydrogen-bond acceptors (Lipinski definition) is 15. The lowest BCUT2D eigenvalue weighted by Crippen LogP contribution is -2.30. The van der Waals surface area contributed by atoms with Crippen molar-refractivity contribution < 1.29 is 80.2 Å². The zero-order chi connectivity index (χ0) is 73.2. The number of allylic oxidation sites excluding steroid dienone is 10. The normalized spacial score (nSPS) is 14.2. The van der Waals surface area contributed by atoms with Gasteiger partial charge in [0.1, 0.15) is 19.3 Å². The quantitative estimate of drug-likeness (QED) is 0.0169. The van der Waals surface area contributed by atoms with Gasteiger partial charge in [0.05, 0.1) is 26.4 Å². The first-order valence-electron chi connectivity index (χ1n) is 40.5. The number of ether oxygens (including phenoxy) is 4. The third-order valence-corrected chi connectivity index (χ3v) is 19.4. The van der Waals surface area contributed by atoms with Crippen molar-refractivity contribution in [3.05, 3.63) is 60.8 Å². The molecule has 100 heavy (non-hydrogen) atoms. The molecule has 0 aliphatic heterocycles. The van der Waals surface area contributed by atoms with E-state index in [0.29, 0.717) is 25.7 Å². The molecule has 5 atom stereocenters. The summed E-state index contributed by atoms with van der Waals surface area (Å²) in [7, 11) is -9.95. The molecule has 0 aromatic heterocycles. The molecule has 0 radical (unpaired) electrons. The van der Waals surface area contributed by atoms with E-state index < -0.39 is 97.5 Å². The summed E-state index contributed by atoms with van der Waals surface area (Å²) >= 11 is 0. The van der Waals surface area contributed by atoms with Crippen LogP contribution in [-0.4, -0.2) is 96.7 Å². The Morgan fingerprint density at radius 3 is 0.770 bits per heavy atom. The van der Waals surface area contributed by atoms with Gasteiger partial charge in [-0.25, -0.2) is 9.13 Å². The van der Waals surface area contributed by atoms with Gasteiger partial charge >= 0.3 is 39.5 Å². The van der Waals surface area contributed by atoms with E-state index in [4.69, 9.17) is 37.0 Å². The molecule has 2 unspecified atom stereocenters. The fourth-order valence-electron chi connectivity index (χ4n) is 11.2. The number of phosphoric ester groups is 2. The summed E-state index contributed by atoms with van der Waals surface area (Å²) in [6.45, 7) is 4.85. The van der Waals surface area contributed by atoms with Crippen LogP contribution in [0.2, 0.25) is 0 Å². The highest BCUT2D eigenvalue weighted by atomic mass is 31.2. The standard InChI is InChI=1S/C81H148O17P2/c1-5-9-13-17-21-25-29-33-37-41-45-49-53-57-61-65-78(83)91-71-76(97-80(85)67-63-59-55-51-47-43-39-35-31-27-23-19-15-11-7-3)73-95-99(87,88)93-69-75(82)70-94-100(89,90)96-74-77(98-81(86)68-64-60-56-52-48-44-40-36-32-28-24-20-16-12-8-4)72-92-79(84)66-62-58-54-50-46-42-38-34-30-26-22-18-14-10-6-2/h21,23,25,27,33,35-37,39-40,75-77,82H,5-20,22,24,26,28-32,34,38,41-74H2,1-4H3,(H,87,88)(H,89,90)/b25-21-,27-23-,37-33-,39-35-,40-36-/t75-,76+,77+/m0/s1. The smallest absolute Gasteiger partial charge is 0.462 e. The van der Waals surface area contributed by atoms with Crippen molar-refractivity contribution in [2.75, 3.05) is 39.6 Å². The van der Waals surface area contributed by atoms with Crippen molar-refractivity contribution >= 4 is 39.5 Å². The molecule has 0 fully saturated rings. The average Bonchev–Trinajstić information content (AvgIpc) is 1.01. The van der Waals surface area contributed by atoms with Crippen LogP contribution in [0.3, 0.4) is 0 Å². The number of unbranched alkanes of at least 4 members (excludes halogenated alkanes) is 41. The Balaban J connectivity index is 5.35. The van der Waals surface area contributed by atoms with Gasteiger partial charge in [0.15, 0.2) is 12.2 Å². The topological polar surface area (TPSA) is 237 Å². The second-order valence-corrected chi connectivity index (χ2v) is 30.3. The average molecular weight is 1460 g/mol. The molecule has 584 valence electrons. The first-order chi connectivity index (χ1) is 48.7. The molecule has 0 aliphatic rings. The minimum atomic E-state index is -4.98.